The molecule has 1 aliphatic carbocycles. The predicted octanol–water partition coefficient (Wildman–Crippen LogP) is 2.00. The molecule has 0 spiro atoms. The van der Waals surface area contributed by atoms with Crippen molar-refractivity contribution in [1.29, 1.82) is 0 Å². The highest BCUT2D eigenvalue weighted by molar-refractivity contribution is 14.0. The molecule has 0 aromatic rings. The van der Waals surface area contributed by atoms with Crippen molar-refractivity contribution in [2.45, 2.75) is 52.5 Å². The van der Waals surface area contributed by atoms with Crippen LogP contribution in [0.1, 0.15) is 46.5 Å². The van der Waals surface area contributed by atoms with Gasteiger partial charge in [-0.25, -0.2) is 0 Å². The van der Waals surface area contributed by atoms with Crippen LogP contribution in [0, 0.1) is 5.41 Å². The summed E-state index contributed by atoms with van der Waals surface area (Å²) in [6.45, 7) is 14.0. The van der Waals surface area contributed by atoms with Gasteiger partial charge in [0, 0.05) is 52.4 Å². The van der Waals surface area contributed by atoms with Crippen molar-refractivity contribution in [1.82, 2.24) is 20.0 Å². The Morgan fingerprint density at radius 3 is 2.23 bits per heavy atom. The first-order valence-electron chi connectivity index (χ1n) is 10.1. The monoisotopic (exact) mass is 477 g/mol. The molecule has 0 aromatic carbocycles. The molecule has 2 aliphatic heterocycles. The minimum absolute atomic E-state index is 0. The molecule has 1 saturated carbocycles. The van der Waals surface area contributed by atoms with E-state index in [0.29, 0.717) is 11.3 Å². The zero-order valence-electron chi connectivity index (χ0n) is 16.7. The largest absolute Gasteiger partial charge is 0.357 e. The summed E-state index contributed by atoms with van der Waals surface area (Å²) in [7, 11) is 0. The van der Waals surface area contributed by atoms with Crippen LogP contribution in [0.5, 0.6) is 0 Å². The maximum Gasteiger partial charge on any atom is 0.239 e. The molecule has 0 aromatic heterocycles. The van der Waals surface area contributed by atoms with E-state index in [2.05, 4.69) is 35.9 Å². The molecular formula is C19H36IN5O. The SMILES string of the molecule is CCNC(=NCC1(C)CC1)N1CCN(C(C)C(=O)N2CCCC2)CC1.I. The Bertz CT molecular complexity index is 494. The smallest absolute Gasteiger partial charge is 0.239 e. The minimum Gasteiger partial charge on any atom is -0.357 e. The molecule has 1 unspecified atom stereocenters. The molecule has 2 saturated heterocycles. The zero-order chi connectivity index (χ0) is 17.9. The Morgan fingerprint density at radius 1 is 1.08 bits per heavy atom. The molecule has 3 rings (SSSR count). The van der Waals surface area contributed by atoms with Crippen molar-refractivity contribution in [2.24, 2.45) is 10.4 Å². The van der Waals surface area contributed by atoms with Gasteiger partial charge in [0.05, 0.1) is 6.04 Å². The first-order valence-corrected chi connectivity index (χ1v) is 10.1. The Morgan fingerprint density at radius 2 is 1.69 bits per heavy atom. The average Bonchev–Trinajstić information content (AvgIpc) is 3.13. The van der Waals surface area contributed by atoms with E-state index in [4.69, 9.17) is 4.99 Å². The standard InChI is InChI=1S/C19H35N5O.HI/c1-4-20-18(21-15-19(3)7-8-19)24-13-11-22(12-14-24)16(2)17(25)23-9-5-6-10-23;/h16H,4-15H2,1-3H3,(H,20,21);1H. The van der Waals surface area contributed by atoms with Crippen LogP contribution >= 0.6 is 24.0 Å². The fourth-order valence-corrected chi connectivity index (χ4v) is 3.74. The van der Waals surface area contributed by atoms with E-state index in [0.717, 1.165) is 71.2 Å². The molecule has 0 bridgehead atoms. The number of amides is 1. The number of guanidine groups is 1. The van der Waals surface area contributed by atoms with E-state index in [9.17, 15) is 4.79 Å². The molecule has 26 heavy (non-hydrogen) atoms. The van der Waals surface area contributed by atoms with Crippen LogP contribution in [0.25, 0.3) is 0 Å². The van der Waals surface area contributed by atoms with E-state index >= 15 is 0 Å². The van der Waals surface area contributed by atoms with Crippen LogP contribution in [0.15, 0.2) is 4.99 Å². The molecule has 3 fully saturated rings. The molecule has 2 heterocycles. The average molecular weight is 477 g/mol. The highest BCUT2D eigenvalue weighted by atomic mass is 127. The van der Waals surface area contributed by atoms with Gasteiger partial charge >= 0.3 is 0 Å². The zero-order valence-corrected chi connectivity index (χ0v) is 19.0. The molecule has 6 nitrogen and oxygen atoms in total. The van der Waals surface area contributed by atoms with Crippen molar-refractivity contribution in [3.8, 4) is 0 Å². The summed E-state index contributed by atoms with van der Waals surface area (Å²) in [5, 5.41) is 3.45. The summed E-state index contributed by atoms with van der Waals surface area (Å²) in [6.07, 6.45) is 4.93. The quantitative estimate of drug-likeness (QED) is 0.374. The number of piperazine rings is 1. The van der Waals surface area contributed by atoms with Gasteiger partial charge in [0.1, 0.15) is 0 Å². The number of rotatable bonds is 5. The third-order valence-corrected chi connectivity index (χ3v) is 5.99. The van der Waals surface area contributed by atoms with Crippen LogP contribution in [0.2, 0.25) is 0 Å². The summed E-state index contributed by atoms with van der Waals surface area (Å²) in [6, 6.07) is 0.00477. The van der Waals surface area contributed by atoms with Gasteiger partial charge in [0.15, 0.2) is 5.96 Å². The first kappa shape index (κ1) is 21.7. The lowest BCUT2D eigenvalue weighted by Gasteiger charge is -2.39. The van der Waals surface area contributed by atoms with Crippen LogP contribution in [0.3, 0.4) is 0 Å². The maximum atomic E-state index is 12.6. The van der Waals surface area contributed by atoms with E-state index in [1.807, 2.05) is 4.90 Å². The van der Waals surface area contributed by atoms with Gasteiger partial charge in [-0.05, 0) is 44.9 Å². The third-order valence-electron chi connectivity index (χ3n) is 5.99. The molecule has 1 amide bonds. The molecule has 150 valence electrons. The molecule has 7 heteroatoms. The second kappa shape index (κ2) is 9.57. The summed E-state index contributed by atoms with van der Waals surface area (Å²) < 4.78 is 0. The third kappa shape index (κ3) is 5.47. The second-order valence-electron chi connectivity index (χ2n) is 8.21. The van der Waals surface area contributed by atoms with E-state index in [1.165, 1.54) is 12.8 Å². The molecular weight excluding hydrogens is 441 g/mol. The number of hydrogen-bond acceptors (Lipinski definition) is 3. The van der Waals surface area contributed by atoms with Crippen molar-refractivity contribution < 1.29 is 4.79 Å². The van der Waals surface area contributed by atoms with E-state index < -0.39 is 0 Å². The van der Waals surface area contributed by atoms with E-state index in [-0.39, 0.29) is 30.0 Å². The normalized spacial score (nSPS) is 24.2. The summed E-state index contributed by atoms with van der Waals surface area (Å²) in [5.41, 5.74) is 0.444. The number of likely N-dealkylation sites (tertiary alicyclic amines) is 1. The van der Waals surface area contributed by atoms with E-state index in [1.54, 1.807) is 0 Å². The Hall–Kier alpha value is -0.570. The lowest BCUT2D eigenvalue weighted by atomic mass is 10.1. The minimum atomic E-state index is 0. The molecule has 3 aliphatic rings. The van der Waals surface area contributed by atoms with Gasteiger partial charge in [-0.2, -0.15) is 0 Å². The number of carbonyl (C=O) groups excluding carboxylic acids is 1. The second-order valence-corrected chi connectivity index (χ2v) is 8.21. The number of nitrogens with zero attached hydrogens (tertiary/aromatic N) is 4. The predicted molar refractivity (Wildman–Crippen MR) is 117 cm³/mol. The number of carbonyl (C=O) groups is 1. The van der Waals surface area contributed by atoms with Gasteiger partial charge in [0.25, 0.3) is 0 Å². The highest BCUT2D eigenvalue weighted by Gasteiger charge is 2.37. The van der Waals surface area contributed by atoms with Crippen LogP contribution in [0.4, 0.5) is 0 Å². The van der Waals surface area contributed by atoms with Gasteiger partial charge < -0.3 is 15.1 Å². The van der Waals surface area contributed by atoms with Crippen molar-refractivity contribution in [3.63, 3.8) is 0 Å². The molecule has 1 atom stereocenters. The fraction of sp³-hybridized carbons (Fsp3) is 0.895. The van der Waals surface area contributed by atoms with Gasteiger partial charge in [0.2, 0.25) is 5.91 Å². The highest BCUT2D eigenvalue weighted by Crippen LogP contribution is 2.45. The number of nitrogens with one attached hydrogen (secondary N) is 1. The Balaban J connectivity index is 0.00000243. The Kier molecular flexibility index (Phi) is 8.00. The topological polar surface area (TPSA) is 51.2 Å². The van der Waals surface area contributed by atoms with Crippen molar-refractivity contribution >= 4 is 35.8 Å². The number of aliphatic imine (C=N–C) groups is 1. The summed E-state index contributed by atoms with van der Waals surface area (Å²) in [5.74, 6) is 1.36. The van der Waals surface area contributed by atoms with Crippen LogP contribution in [-0.4, -0.2) is 85.0 Å². The molecule has 1 N–H and O–H groups in total. The lowest BCUT2D eigenvalue weighted by molar-refractivity contribution is -0.135. The summed E-state index contributed by atoms with van der Waals surface area (Å²) in [4.78, 5) is 24.2. The number of hydrogen-bond donors (Lipinski definition) is 1. The molecule has 0 radical (unpaired) electrons. The van der Waals surface area contributed by atoms with Gasteiger partial charge in [-0.15, -0.1) is 24.0 Å². The van der Waals surface area contributed by atoms with Crippen LogP contribution in [-0.2, 0) is 4.79 Å². The maximum absolute atomic E-state index is 12.6. The first-order chi connectivity index (χ1) is 12.0. The van der Waals surface area contributed by atoms with Crippen molar-refractivity contribution in [3.05, 3.63) is 0 Å². The van der Waals surface area contributed by atoms with Gasteiger partial charge in [-0.1, -0.05) is 6.92 Å². The van der Waals surface area contributed by atoms with Gasteiger partial charge in [-0.3, -0.25) is 14.7 Å². The van der Waals surface area contributed by atoms with Crippen LogP contribution < -0.4 is 5.32 Å². The lowest BCUT2D eigenvalue weighted by Crippen LogP contribution is -2.57. The Labute approximate surface area is 175 Å². The number of halogens is 1. The fourth-order valence-electron chi connectivity index (χ4n) is 3.74. The van der Waals surface area contributed by atoms with Crippen molar-refractivity contribution in [2.75, 3.05) is 52.4 Å². The summed E-state index contributed by atoms with van der Waals surface area (Å²) >= 11 is 0.